The Morgan fingerprint density at radius 2 is 1.68 bits per heavy atom. The molecule has 1 aromatic rings. The number of carboxylic acid groups (broad SMARTS) is 1. The first-order chi connectivity index (χ1) is 9.24. The second-order valence-corrected chi connectivity index (χ2v) is 5.52. The molecule has 4 nitrogen and oxygen atoms in total. The lowest BCUT2D eigenvalue weighted by Gasteiger charge is -2.45. The highest BCUT2D eigenvalue weighted by Crippen LogP contribution is 2.32. The van der Waals surface area contributed by atoms with Crippen LogP contribution in [0.5, 0.6) is 0 Å². The molecular formula is C15H20N2O2. The summed E-state index contributed by atoms with van der Waals surface area (Å²) in [4.78, 5) is 15.7. The SMILES string of the molecule is O=C(O)C1CC(N2CCN(c3ccccc3)CC2)C1. The van der Waals surface area contributed by atoms with Gasteiger partial charge in [0.15, 0.2) is 0 Å². The van der Waals surface area contributed by atoms with Crippen LogP contribution in [-0.2, 0) is 4.79 Å². The van der Waals surface area contributed by atoms with E-state index in [9.17, 15) is 4.79 Å². The predicted molar refractivity (Wildman–Crippen MR) is 74.4 cm³/mol. The Morgan fingerprint density at radius 3 is 2.26 bits per heavy atom. The Kier molecular flexibility index (Phi) is 3.42. The van der Waals surface area contributed by atoms with Crippen molar-refractivity contribution >= 4 is 11.7 Å². The fourth-order valence-corrected chi connectivity index (χ4v) is 3.07. The van der Waals surface area contributed by atoms with Crippen LogP contribution in [0.4, 0.5) is 5.69 Å². The van der Waals surface area contributed by atoms with Gasteiger partial charge in [-0.3, -0.25) is 9.69 Å². The summed E-state index contributed by atoms with van der Waals surface area (Å²) in [5.74, 6) is -0.726. The molecule has 1 aliphatic heterocycles. The first-order valence-electron chi connectivity index (χ1n) is 7.01. The average molecular weight is 260 g/mol. The molecule has 0 bridgehead atoms. The van der Waals surface area contributed by atoms with Crippen molar-refractivity contribution in [3.05, 3.63) is 30.3 Å². The van der Waals surface area contributed by atoms with Gasteiger partial charge in [0.05, 0.1) is 5.92 Å². The zero-order chi connectivity index (χ0) is 13.2. The van der Waals surface area contributed by atoms with Crippen LogP contribution in [-0.4, -0.2) is 48.2 Å². The number of anilines is 1. The van der Waals surface area contributed by atoms with Gasteiger partial charge in [0, 0.05) is 37.9 Å². The second-order valence-electron chi connectivity index (χ2n) is 5.52. The van der Waals surface area contributed by atoms with Gasteiger partial charge in [-0.15, -0.1) is 0 Å². The number of aliphatic carboxylic acids is 1. The minimum atomic E-state index is -0.626. The van der Waals surface area contributed by atoms with Gasteiger partial charge in [0.1, 0.15) is 0 Å². The van der Waals surface area contributed by atoms with E-state index in [1.54, 1.807) is 0 Å². The lowest BCUT2D eigenvalue weighted by atomic mass is 9.79. The molecule has 2 aliphatic rings. The normalized spacial score (nSPS) is 27.9. The van der Waals surface area contributed by atoms with E-state index in [0.29, 0.717) is 6.04 Å². The Morgan fingerprint density at radius 1 is 1.05 bits per heavy atom. The Labute approximate surface area is 113 Å². The summed E-state index contributed by atoms with van der Waals surface area (Å²) < 4.78 is 0. The number of benzene rings is 1. The van der Waals surface area contributed by atoms with E-state index in [1.165, 1.54) is 5.69 Å². The van der Waals surface area contributed by atoms with Crippen molar-refractivity contribution in [1.29, 1.82) is 0 Å². The fraction of sp³-hybridized carbons (Fsp3) is 0.533. The van der Waals surface area contributed by atoms with Crippen molar-refractivity contribution in [3.63, 3.8) is 0 Å². The number of nitrogens with zero attached hydrogens (tertiary/aromatic N) is 2. The van der Waals surface area contributed by atoms with Crippen molar-refractivity contribution < 1.29 is 9.90 Å². The Balaban J connectivity index is 1.49. The van der Waals surface area contributed by atoms with E-state index < -0.39 is 5.97 Å². The first kappa shape index (κ1) is 12.5. The standard InChI is InChI=1S/C15H20N2O2/c18-15(19)12-10-14(11-12)17-8-6-16(7-9-17)13-4-2-1-3-5-13/h1-5,12,14H,6-11H2,(H,18,19). The van der Waals surface area contributed by atoms with E-state index in [-0.39, 0.29) is 5.92 Å². The quantitative estimate of drug-likeness (QED) is 0.898. The van der Waals surface area contributed by atoms with Crippen LogP contribution in [0.2, 0.25) is 0 Å². The molecule has 0 amide bonds. The minimum Gasteiger partial charge on any atom is -0.481 e. The molecule has 102 valence electrons. The van der Waals surface area contributed by atoms with Crippen LogP contribution < -0.4 is 4.90 Å². The third-order valence-corrected chi connectivity index (χ3v) is 4.41. The number of carboxylic acids is 1. The predicted octanol–water partition coefficient (Wildman–Crippen LogP) is 1.67. The maximum atomic E-state index is 10.8. The molecule has 1 N–H and O–H groups in total. The first-order valence-corrected chi connectivity index (χ1v) is 7.01. The third-order valence-electron chi connectivity index (χ3n) is 4.41. The maximum Gasteiger partial charge on any atom is 0.306 e. The number of carbonyl (C=O) groups is 1. The Hall–Kier alpha value is -1.55. The fourth-order valence-electron chi connectivity index (χ4n) is 3.07. The smallest absolute Gasteiger partial charge is 0.306 e. The molecule has 3 rings (SSSR count). The summed E-state index contributed by atoms with van der Waals surface area (Å²) in [5.41, 5.74) is 1.29. The topological polar surface area (TPSA) is 43.8 Å². The lowest BCUT2D eigenvalue weighted by Crippen LogP contribution is -2.55. The van der Waals surface area contributed by atoms with Crippen LogP contribution >= 0.6 is 0 Å². The van der Waals surface area contributed by atoms with Gasteiger partial charge in [0.25, 0.3) is 0 Å². The molecule has 1 aromatic carbocycles. The molecular weight excluding hydrogens is 240 g/mol. The monoisotopic (exact) mass is 260 g/mol. The van der Waals surface area contributed by atoms with Gasteiger partial charge in [-0.05, 0) is 25.0 Å². The average Bonchev–Trinajstić information content (AvgIpc) is 2.38. The van der Waals surface area contributed by atoms with Gasteiger partial charge in [-0.1, -0.05) is 18.2 Å². The van der Waals surface area contributed by atoms with Crippen molar-refractivity contribution in [3.8, 4) is 0 Å². The van der Waals surface area contributed by atoms with E-state index in [1.807, 2.05) is 6.07 Å². The molecule has 1 saturated heterocycles. The van der Waals surface area contributed by atoms with Gasteiger partial charge in [-0.2, -0.15) is 0 Å². The summed E-state index contributed by atoms with van der Waals surface area (Å²) in [6.07, 6.45) is 1.67. The molecule has 1 heterocycles. The number of para-hydroxylation sites is 1. The van der Waals surface area contributed by atoms with Crippen molar-refractivity contribution in [1.82, 2.24) is 4.90 Å². The molecule has 1 saturated carbocycles. The number of hydrogen-bond acceptors (Lipinski definition) is 3. The van der Waals surface area contributed by atoms with Gasteiger partial charge in [-0.25, -0.2) is 0 Å². The van der Waals surface area contributed by atoms with E-state index >= 15 is 0 Å². The molecule has 19 heavy (non-hydrogen) atoms. The van der Waals surface area contributed by atoms with E-state index in [0.717, 1.165) is 39.0 Å². The molecule has 0 spiro atoms. The molecule has 0 unspecified atom stereocenters. The molecule has 0 aromatic heterocycles. The zero-order valence-corrected chi connectivity index (χ0v) is 11.0. The van der Waals surface area contributed by atoms with Crippen molar-refractivity contribution in [2.24, 2.45) is 5.92 Å². The largest absolute Gasteiger partial charge is 0.481 e. The zero-order valence-electron chi connectivity index (χ0n) is 11.0. The Bertz CT molecular complexity index is 435. The van der Waals surface area contributed by atoms with E-state index in [4.69, 9.17) is 5.11 Å². The molecule has 2 fully saturated rings. The highest BCUT2D eigenvalue weighted by atomic mass is 16.4. The van der Waals surface area contributed by atoms with Crippen LogP contribution in [0.3, 0.4) is 0 Å². The summed E-state index contributed by atoms with van der Waals surface area (Å²) >= 11 is 0. The van der Waals surface area contributed by atoms with Crippen molar-refractivity contribution in [2.45, 2.75) is 18.9 Å². The number of piperazine rings is 1. The highest BCUT2D eigenvalue weighted by molar-refractivity contribution is 5.71. The molecule has 0 atom stereocenters. The summed E-state index contributed by atoms with van der Waals surface area (Å²) in [5, 5.41) is 8.91. The number of rotatable bonds is 3. The van der Waals surface area contributed by atoms with Gasteiger partial charge in [0.2, 0.25) is 0 Å². The second kappa shape index (κ2) is 5.21. The van der Waals surface area contributed by atoms with Gasteiger partial charge < -0.3 is 10.0 Å². The van der Waals surface area contributed by atoms with Crippen molar-refractivity contribution in [2.75, 3.05) is 31.1 Å². The third kappa shape index (κ3) is 2.59. The summed E-state index contributed by atoms with van der Waals surface area (Å²) in [6.45, 7) is 4.17. The summed E-state index contributed by atoms with van der Waals surface area (Å²) in [6, 6.07) is 11.0. The molecule has 1 aliphatic carbocycles. The number of hydrogen-bond donors (Lipinski definition) is 1. The molecule has 0 radical (unpaired) electrons. The minimum absolute atomic E-state index is 0.0999. The van der Waals surface area contributed by atoms with Gasteiger partial charge >= 0.3 is 5.97 Å². The van der Waals surface area contributed by atoms with Crippen LogP contribution in [0.25, 0.3) is 0 Å². The van der Waals surface area contributed by atoms with E-state index in [2.05, 4.69) is 34.1 Å². The highest BCUT2D eigenvalue weighted by Gasteiger charge is 2.38. The van der Waals surface area contributed by atoms with Crippen LogP contribution in [0.1, 0.15) is 12.8 Å². The lowest BCUT2D eigenvalue weighted by molar-refractivity contribution is -0.147. The van der Waals surface area contributed by atoms with Crippen LogP contribution in [0.15, 0.2) is 30.3 Å². The molecule has 4 heteroatoms. The maximum absolute atomic E-state index is 10.8. The van der Waals surface area contributed by atoms with Crippen LogP contribution in [0, 0.1) is 5.92 Å². The summed E-state index contributed by atoms with van der Waals surface area (Å²) in [7, 11) is 0.